The van der Waals surface area contributed by atoms with Crippen molar-refractivity contribution in [2.24, 2.45) is 0 Å². The number of piperidine rings is 1. The molecule has 2 saturated heterocycles. The van der Waals surface area contributed by atoms with E-state index in [4.69, 9.17) is 0 Å². The zero-order valence-corrected chi connectivity index (χ0v) is 22.5. The van der Waals surface area contributed by atoms with Crippen molar-refractivity contribution in [3.05, 3.63) is 70.0 Å². The maximum atomic E-state index is 13.9. The summed E-state index contributed by atoms with van der Waals surface area (Å²) in [5.41, 5.74) is -1.72. The molecule has 2 aromatic carbocycles. The van der Waals surface area contributed by atoms with E-state index in [1.54, 1.807) is 17.9 Å². The summed E-state index contributed by atoms with van der Waals surface area (Å²) in [6, 6.07) is 3.86. The number of aryl methyl sites for hydroxylation is 1. The normalized spacial score (nSPS) is 21.8. The molecule has 12 heteroatoms. The van der Waals surface area contributed by atoms with Gasteiger partial charge in [0.05, 0.1) is 23.2 Å². The van der Waals surface area contributed by atoms with Gasteiger partial charge in [-0.3, -0.25) is 4.90 Å². The van der Waals surface area contributed by atoms with Crippen molar-refractivity contribution >= 4 is 6.03 Å². The predicted octanol–water partition coefficient (Wildman–Crippen LogP) is 6.40. The number of alkyl halides is 6. The van der Waals surface area contributed by atoms with Gasteiger partial charge in [0.1, 0.15) is 5.82 Å². The first-order valence-corrected chi connectivity index (χ1v) is 13.2. The summed E-state index contributed by atoms with van der Waals surface area (Å²) < 4.78 is 94.7. The molecule has 0 aromatic heterocycles. The van der Waals surface area contributed by atoms with Crippen molar-refractivity contribution in [3.8, 4) is 0 Å². The number of nitrogens with zero attached hydrogens (tertiary/aromatic N) is 3. The van der Waals surface area contributed by atoms with Crippen LogP contribution in [0.1, 0.15) is 59.7 Å². The fourth-order valence-corrected chi connectivity index (χ4v) is 5.67. The molecule has 1 N–H and O–H groups in total. The van der Waals surface area contributed by atoms with E-state index >= 15 is 0 Å². The van der Waals surface area contributed by atoms with Crippen LogP contribution in [-0.2, 0) is 12.4 Å². The number of rotatable bonds is 4. The van der Waals surface area contributed by atoms with Gasteiger partial charge in [0.2, 0.25) is 0 Å². The van der Waals surface area contributed by atoms with E-state index in [0.29, 0.717) is 37.1 Å². The molecule has 2 heterocycles. The van der Waals surface area contributed by atoms with Crippen LogP contribution in [0.5, 0.6) is 0 Å². The lowest BCUT2D eigenvalue weighted by molar-refractivity contribution is -0.143. The highest BCUT2D eigenvalue weighted by atomic mass is 19.4. The fraction of sp³-hybridized carbons (Fsp3) is 0.536. The van der Waals surface area contributed by atoms with E-state index < -0.39 is 47.4 Å². The largest absolute Gasteiger partial charge is 0.416 e. The van der Waals surface area contributed by atoms with Crippen LogP contribution < -0.4 is 5.32 Å². The first-order chi connectivity index (χ1) is 18.7. The summed E-state index contributed by atoms with van der Waals surface area (Å²) in [5.74, 6) is -0.413. The molecule has 2 aliphatic heterocycles. The standard InChI is InChI=1S/C28H33F7N4O/c1-17-12-22(29)4-5-24(17)25-16-23(38-10-7-36-8-11-38)6-9-39(25)26(40)37(3)18(2)19-13-20(27(30,31)32)15-21(14-19)28(33,34)35/h4-5,12-15,18,23,25,36H,6-11,16H2,1-3H3/t18-,23+,25-/m1/s1. The van der Waals surface area contributed by atoms with Gasteiger partial charge in [0.15, 0.2) is 0 Å². The third-order valence-electron chi connectivity index (χ3n) is 8.05. The fourth-order valence-electron chi connectivity index (χ4n) is 5.67. The van der Waals surface area contributed by atoms with E-state index in [0.717, 1.165) is 31.7 Å². The highest BCUT2D eigenvalue weighted by molar-refractivity contribution is 5.75. The monoisotopic (exact) mass is 574 g/mol. The Hall–Kier alpha value is -2.86. The van der Waals surface area contributed by atoms with Crippen LogP contribution in [0.4, 0.5) is 35.5 Å². The summed E-state index contributed by atoms with van der Waals surface area (Å²) in [5, 5.41) is 3.31. The van der Waals surface area contributed by atoms with Crippen LogP contribution >= 0.6 is 0 Å². The van der Waals surface area contributed by atoms with Crippen molar-refractivity contribution in [2.45, 2.75) is 57.2 Å². The number of carbonyl (C=O) groups excluding carboxylic acids is 1. The Bertz CT molecular complexity index is 1180. The van der Waals surface area contributed by atoms with Crippen LogP contribution in [0.15, 0.2) is 36.4 Å². The topological polar surface area (TPSA) is 38.8 Å². The average Bonchev–Trinajstić information content (AvgIpc) is 2.91. The Morgan fingerprint density at radius 2 is 1.57 bits per heavy atom. The molecule has 3 atom stereocenters. The predicted molar refractivity (Wildman–Crippen MR) is 136 cm³/mol. The Labute approximate surface area is 228 Å². The summed E-state index contributed by atoms with van der Waals surface area (Å²) in [6.45, 7) is 6.88. The quantitative estimate of drug-likeness (QED) is 0.430. The molecule has 0 spiro atoms. The third kappa shape index (κ3) is 6.54. The number of likely N-dealkylation sites (tertiary alicyclic amines) is 1. The first kappa shape index (κ1) is 30.1. The van der Waals surface area contributed by atoms with E-state index in [1.165, 1.54) is 31.0 Å². The molecule has 0 bridgehead atoms. The summed E-state index contributed by atoms with van der Waals surface area (Å²) in [7, 11) is 1.37. The second-order valence-corrected chi connectivity index (χ2v) is 10.6. The van der Waals surface area contributed by atoms with Crippen LogP contribution in [0.25, 0.3) is 0 Å². The zero-order valence-electron chi connectivity index (χ0n) is 22.5. The highest BCUT2D eigenvalue weighted by Gasteiger charge is 2.40. The molecule has 5 nitrogen and oxygen atoms in total. The van der Waals surface area contributed by atoms with E-state index in [1.807, 2.05) is 0 Å². The number of nitrogens with one attached hydrogen (secondary N) is 1. The maximum Gasteiger partial charge on any atom is 0.416 e. The average molecular weight is 575 g/mol. The van der Waals surface area contributed by atoms with Gasteiger partial charge in [-0.2, -0.15) is 26.3 Å². The Balaban J connectivity index is 1.65. The minimum absolute atomic E-state index is 0.0757. The molecular weight excluding hydrogens is 541 g/mol. The number of piperazine rings is 1. The van der Waals surface area contributed by atoms with Crippen molar-refractivity contribution in [1.82, 2.24) is 20.0 Å². The molecule has 2 aromatic rings. The minimum Gasteiger partial charge on any atom is -0.321 e. The molecule has 2 aliphatic rings. The second-order valence-electron chi connectivity index (χ2n) is 10.6. The number of urea groups is 1. The number of amides is 2. The molecule has 0 radical (unpaired) electrons. The molecule has 220 valence electrons. The highest BCUT2D eigenvalue weighted by Crippen LogP contribution is 2.40. The van der Waals surface area contributed by atoms with Crippen LogP contribution in [0, 0.1) is 12.7 Å². The van der Waals surface area contributed by atoms with E-state index in [-0.39, 0.29) is 17.7 Å². The van der Waals surface area contributed by atoms with Crippen molar-refractivity contribution in [1.29, 1.82) is 0 Å². The minimum atomic E-state index is -4.99. The number of halogens is 7. The lowest BCUT2D eigenvalue weighted by Crippen LogP contribution is -2.55. The van der Waals surface area contributed by atoms with E-state index in [2.05, 4.69) is 10.2 Å². The lowest BCUT2D eigenvalue weighted by atomic mass is 9.88. The molecule has 0 aliphatic carbocycles. The van der Waals surface area contributed by atoms with Gasteiger partial charge in [0, 0.05) is 45.8 Å². The molecule has 40 heavy (non-hydrogen) atoms. The number of benzene rings is 2. The van der Waals surface area contributed by atoms with Gasteiger partial charge in [-0.25, -0.2) is 9.18 Å². The summed E-state index contributed by atoms with van der Waals surface area (Å²) in [4.78, 5) is 19.0. The Morgan fingerprint density at radius 1 is 0.975 bits per heavy atom. The van der Waals surface area contributed by atoms with Crippen LogP contribution in [-0.4, -0.2) is 66.5 Å². The molecule has 4 rings (SSSR count). The van der Waals surface area contributed by atoms with Crippen molar-refractivity contribution in [2.75, 3.05) is 39.8 Å². The number of hydrogen-bond acceptors (Lipinski definition) is 3. The molecule has 0 saturated carbocycles. The lowest BCUT2D eigenvalue weighted by Gasteiger charge is -2.46. The first-order valence-electron chi connectivity index (χ1n) is 13.2. The Kier molecular flexibility index (Phi) is 8.70. The maximum absolute atomic E-state index is 13.9. The summed E-state index contributed by atoms with van der Waals surface area (Å²) >= 11 is 0. The van der Waals surface area contributed by atoms with Gasteiger partial charge in [-0.05, 0) is 73.7 Å². The van der Waals surface area contributed by atoms with Crippen molar-refractivity contribution < 1.29 is 35.5 Å². The smallest absolute Gasteiger partial charge is 0.321 e. The second kappa shape index (κ2) is 11.6. The summed E-state index contributed by atoms with van der Waals surface area (Å²) in [6.07, 6.45) is -8.75. The van der Waals surface area contributed by atoms with Gasteiger partial charge in [-0.1, -0.05) is 6.07 Å². The third-order valence-corrected chi connectivity index (χ3v) is 8.05. The SMILES string of the molecule is Cc1cc(F)ccc1[C@H]1C[C@@H](N2CCNCC2)CCN1C(=O)N(C)[C@H](C)c1cc(C(F)(F)F)cc(C(F)(F)F)c1. The van der Waals surface area contributed by atoms with Gasteiger partial charge >= 0.3 is 18.4 Å². The molecule has 0 unspecified atom stereocenters. The number of carbonyl (C=O) groups is 1. The van der Waals surface area contributed by atoms with E-state index in [9.17, 15) is 35.5 Å². The number of hydrogen-bond donors (Lipinski definition) is 1. The molecule has 2 fully saturated rings. The Morgan fingerprint density at radius 3 is 2.12 bits per heavy atom. The van der Waals surface area contributed by atoms with Crippen molar-refractivity contribution in [3.63, 3.8) is 0 Å². The van der Waals surface area contributed by atoms with Crippen LogP contribution in [0.2, 0.25) is 0 Å². The van der Waals surface area contributed by atoms with Gasteiger partial charge < -0.3 is 15.1 Å². The molecule has 2 amide bonds. The van der Waals surface area contributed by atoms with Crippen LogP contribution in [0.3, 0.4) is 0 Å². The zero-order chi connectivity index (χ0) is 29.4. The van der Waals surface area contributed by atoms with Gasteiger partial charge in [-0.15, -0.1) is 0 Å². The van der Waals surface area contributed by atoms with Gasteiger partial charge in [0.25, 0.3) is 0 Å². The molecular formula is C28H33F7N4O.